The third kappa shape index (κ3) is 2.06. The number of hydrogen-bond acceptors (Lipinski definition) is 2. The van der Waals surface area contributed by atoms with Gasteiger partial charge < -0.3 is 9.88 Å². The van der Waals surface area contributed by atoms with Gasteiger partial charge in [-0.15, -0.1) is 0 Å². The summed E-state index contributed by atoms with van der Waals surface area (Å²) in [5.74, 6) is 0.177. The minimum Gasteiger partial charge on any atom is -0.350 e. The number of fused-ring (bicyclic) bond motifs is 1. The van der Waals surface area contributed by atoms with Crippen LogP contribution in [-0.2, 0) is 7.05 Å². The van der Waals surface area contributed by atoms with E-state index in [0.29, 0.717) is 0 Å². The van der Waals surface area contributed by atoms with Gasteiger partial charge in [-0.1, -0.05) is 18.6 Å². The van der Waals surface area contributed by atoms with Crippen molar-refractivity contribution in [2.24, 2.45) is 7.05 Å². The molecular formula is C15H20N2O. The average molecular weight is 244 g/mol. The van der Waals surface area contributed by atoms with E-state index in [1.807, 2.05) is 31.8 Å². The first kappa shape index (κ1) is 12.8. The van der Waals surface area contributed by atoms with Gasteiger partial charge in [0.15, 0.2) is 5.78 Å². The summed E-state index contributed by atoms with van der Waals surface area (Å²) >= 11 is 0. The molecule has 1 aromatic carbocycles. The number of nitrogens with zero attached hydrogens (tertiary/aromatic N) is 1. The zero-order chi connectivity index (χ0) is 13.3. The molecule has 1 N–H and O–H groups in total. The Morgan fingerprint density at radius 3 is 2.78 bits per heavy atom. The van der Waals surface area contributed by atoms with E-state index >= 15 is 0 Å². The molecule has 18 heavy (non-hydrogen) atoms. The highest BCUT2D eigenvalue weighted by Gasteiger charge is 2.20. The number of ketones is 1. The van der Waals surface area contributed by atoms with Gasteiger partial charge in [0.1, 0.15) is 0 Å². The number of hydrogen-bond donors (Lipinski definition) is 1. The molecule has 0 aliphatic heterocycles. The van der Waals surface area contributed by atoms with Crippen molar-refractivity contribution >= 4 is 16.7 Å². The Hall–Kier alpha value is -1.61. The first-order valence-electron chi connectivity index (χ1n) is 6.35. The molecule has 2 aromatic rings. The number of benzene rings is 1. The number of likely N-dealkylation sites (N-methyl/N-ethyl adjacent to an activating group) is 1. The first-order chi connectivity index (χ1) is 8.58. The molecule has 0 spiro atoms. The highest BCUT2D eigenvalue weighted by molar-refractivity contribution is 6.10. The van der Waals surface area contributed by atoms with Crippen LogP contribution in [0.25, 0.3) is 10.9 Å². The Morgan fingerprint density at radius 1 is 1.44 bits per heavy atom. The van der Waals surface area contributed by atoms with Crippen molar-refractivity contribution in [2.75, 3.05) is 7.05 Å². The quantitative estimate of drug-likeness (QED) is 0.839. The van der Waals surface area contributed by atoms with Gasteiger partial charge in [0.2, 0.25) is 0 Å². The Labute approximate surface area is 108 Å². The molecular weight excluding hydrogens is 224 g/mol. The summed E-state index contributed by atoms with van der Waals surface area (Å²) in [6, 6.07) is 6.13. The highest BCUT2D eigenvalue weighted by atomic mass is 16.1. The third-order valence-electron chi connectivity index (χ3n) is 3.48. The van der Waals surface area contributed by atoms with Gasteiger partial charge in [-0.05, 0) is 32.5 Å². The molecule has 0 fully saturated rings. The number of aryl methyl sites for hydroxylation is 2. The van der Waals surface area contributed by atoms with Gasteiger partial charge >= 0.3 is 0 Å². The lowest BCUT2D eigenvalue weighted by Crippen LogP contribution is -2.33. The molecule has 0 aliphatic carbocycles. The maximum absolute atomic E-state index is 12.5. The number of carbonyl (C=O) groups is 1. The van der Waals surface area contributed by atoms with Crippen molar-refractivity contribution in [1.29, 1.82) is 0 Å². The summed E-state index contributed by atoms with van der Waals surface area (Å²) in [5, 5.41) is 4.13. The van der Waals surface area contributed by atoms with Gasteiger partial charge in [-0.3, -0.25) is 4.79 Å². The molecule has 1 atom stereocenters. The second kappa shape index (κ2) is 4.94. The Balaban J connectivity index is 2.57. The largest absolute Gasteiger partial charge is 0.350 e. The molecule has 0 radical (unpaired) electrons. The van der Waals surface area contributed by atoms with Crippen LogP contribution in [0.4, 0.5) is 0 Å². The fourth-order valence-corrected chi connectivity index (χ4v) is 2.41. The van der Waals surface area contributed by atoms with Crippen LogP contribution in [0.1, 0.15) is 29.3 Å². The topological polar surface area (TPSA) is 34.0 Å². The fourth-order valence-electron chi connectivity index (χ4n) is 2.41. The summed E-state index contributed by atoms with van der Waals surface area (Å²) in [6.07, 6.45) is 2.74. The summed E-state index contributed by atoms with van der Waals surface area (Å²) < 4.78 is 2.02. The van der Waals surface area contributed by atoms with Crippen LogP contribution in [0.15, 0.2) is 24.4 Å². The molecule has 1 unspecified atom stereocenters. The van der Waals surface area contributed by atoms with E-state index in [9.17, 15) is 4.79 Å². The van der Waals surface area contributed by atoms with Crippen LogP contribution >= 0.6 is 0 Å². The number of nitrogens with one attached hydrogen (secondary N) is 1. The van der Waals surface area contributed by atoms with Crippen molar-refractivity contribution in [3.05, 3.63) is 35.5 Å². The maximum Gasteiger partial charge on any atom is 0.181 e. The van der Waals surface area contributed by atoms with Crippen molar-refractivity contribution in [2.45, 2.75) is 26.3 Å². The lowest BCUT2D eigenvalue weighted by atomic mass is 10.0. The van der Waals surface area contributed by atoms with E-state index in [1.54, 1.807) is 0 Å². The van der Waals surface area contributed by atoms with E-state index in [-0.39, 0.29) is 11.8 Å². The van der Waals surface area contributed by atoms with Gasteiger partial charge in [-0.2, -0.15) is 0 Å². The first-order valence-corrected chi connectivity index (χ1v) is 6.35. The number of rotatable bonds is 4. The van der Waals surface area contributed by atoms with Crippen LogP contribution in [-0.4, -0.2) is 23.4 Å². The fraction of sp³-hybridized carbons (Fsp3) is 0.400. The zero-order valence-corrected chi connectivity index (χ0v) is 11.4. The van der Waals surface area contributed by atoms with E-state index in [4.69, 9.17) is 0 Å². The highest BCUT2D eigenvalue weighted by Crippen LogP contribution is 2.23. The predicted octanol–water partition coefficient (Wildman–Crippen LogP) is 2.67. The Morgan fingerprint density at radius 2 is 2.17 bits per heavy atom. The van der Waals surface area contributed by atoms with Crippen LogP contribution in [0, 0.1) is 6.92 Å². The molecule has 1 aromatic heterocycles. The summed E-state index contributed by atoms with van der Waals surface area (Å²) in [5.41, 5.74) is 3.10. The minimum atomic E-state index is -0.101. The van der Waals surface area contributed by atoms with Crippen LogP contribution < -0.4 is 5.32 Å². The lowest BCUT2D eigenvalue weighted by molar-refractivity contribution is 0.0946. The molecule has 0 bridgehead atoms. The van der Waals surface area contributed by atoms with Gasteiger partial charge in [-0.25, -0.2) is 0 Å². The molecule has 0 aliphatic rings. The number of aromatic nitrogens is 1. The molecule has 3 nitrogen and oxygen atoms in total. The molecule has 3 heteroatoms. The van der Waals surface area contributed by atoms with E-state index in [1.165, 1.54) is 5.56 Å². The summed E-state index contributed by atoms with van der Waals surface area (Å²) in [4.78, 5) is 12.5. The average Bonchev–Trinajstić information content (AvgIpc) is 2.67. The summed E-state index contributed by atoms with van der Waals surface area (Å²) in [7, 11) is 3.82. The van der Waals surface area contributed by atoms with Crippen LogP contribution in [0.5, 0.6) is 0 Å². The standard InChI is InChI=1S/C15H20N2O/c1-5-13(16-3)15(18)12-9-17(4)14-7-6-10(2)8-11(12)14/h6-9,13,16H,5H2,1-4H3. The van der Waals surface area contributed by atoms with Crippen LogP contribution in [0.3, 0.4) is 0 Å². The Kier molecular flexibility index (Phi) is 3.53. The van der Waals surface area contributed by atoms with Crippen molar-refractivity contribution in [1.82, 2.24) is 9.88 Å². The van der Waals surface area contributed by atoms with E-state index < -0.39 is 0 Å². The number of carbonyl (C=O) groups excluding carboxylic acids is 1. The third-order valence-corrected chi connectivity index (χ3v) is 3.48. The zero-order valence-electron chi connectivity index (χ0n) is 11.4. The molecule has 1 heterocycles. The van der Waals surface area contributed by atoms with E-state index in [2.05, 4.69) is 30.4 Å². The van der Waals surface area contributed by atoms with Crippen molar-refractivity contribution in [3.63, 3.8) is 0 Å². The van der Waals surface area contributed by atoms with E-state index in [0.717, 1.165) is 22.9 Å². The van der Waals surface area contributed by atoms with Gasteiger partial charge in [0, 0.05) is 29.7 Å². The normalized spacial score (nSPS) is 12.9. The SMILES string of the molecule is CCC(NC)C(=O)c1cn(C)c2ccc(C)cc12. The molecule has 0 amide bonds. The second-order valence-corrected chi connectivity index (χ2v) is 4.79. The lowest BCUT2D eigenvalue weighted by Gasteiger charge is -2.11. The maximum atomic E-state index is 12.5. The van der Waals surface area contributed by atoms with Crippen molar-refractivity contribution in [3.8, 4) is 0 Å². The molecule has 96 valence electrons. The van der Waals surface area contributed by atoms with Gasteiger partial charge in [0.05, 0.1) is 6.04 Å². The molecule has 2 rings (SSSR count). The molecule has 0 saturated carbocycles. The summed E-state index contributed by atoms with van der Waals surface area (Å²) in [6.45, 7) is 4.07. The second-order valence-electron chi connectivity index (χ2n) is 4.79. The van der Waals surface area contributed by atoms with Crippen molar-refractivity contribution < 1.29 is 4.79 Å². The smallest absolute Gasteiger partial charge is 0.181 e. The van der Waals surface area contributed by atoms with Crippen LogP contribution in [0.2, 0.25) is 0 Å². The monoisotopic (exact) mass is 244 g/mol. The van der Waals surface area contributed by atoms with Gasteiger partial charge in [0.25, 0.3) is 0 Å². The number of Topliss-reactive ketones (excluding diaryl/α,β-unsaturated/α-hetero) is 1. The molecule has 0 saturated heterocycles. The predicted molar refractivity (Wildman–Crippen MR) is 75.1 cm³/mol. The minimum absolute atomic E-state index is 0.101. The Bertz CT molecular complexity index is 579.